The van der Waals surface area contributed by atoms with Gasteiger partial charge in [-0.15, -0.1) is 10.2 Å². The lowest BCUT2D eigenvalue weighted by Crippen LogP contribution is -2.29. The third kappa shape index (κ3) is 5.74. The van der Waals surface area contributed by atoms with Crippen molar-refractivity contribution in [3.05, 3.63) is 77.1 Å². The van der Waals surface area contributed by atoms with Gasteiger partial charge < -0.3 is 18.9 Å². The number of hydrogen-bond donors (Lipinski definition) is 0. The molecule has 2 heterocycles. The highest BCUT2D eigenvalue weighted by Gasteiger charge is 2.35. The Morgan fingerprint density at radius 3 is 2.19 bits per heavy atom. The van der Waals surface area contributed by atoms with Gasteiger partial charge in [0.15, 0.2) is 21.5 Å². The lowest BCUT2D eigenvalue weighted by atomic mass is 9.99. The molecule has 0 aliphatic carbocycles. The van der Waals surface area contributed by atoms with E-state index in [0.717, 1.165) is 0 Å². The summed E-state index contributed by atoms with van der Waals surface area (Å²) in [4.78, 5) is 4.47. The molecular weight excluding hydrogens is 560 g/mol. The van der Waals surface area contributed by atoms with Gasteiger partial charge in [-0.25, -0.2) is 13.4 Å². The van der Waals surface area contributed by atoms with Gasteiger partial charge in [0, 0.05) is 13.2 Å². The maximum Gasteiger partial charge on any atom is 0.213 e. The van der Waals surface area contributed by atoms with Crippen molar-refractivity contribution in [3.8, 4) is 46.7 Å². The van der Waals surface area contributed by atoms with Gasteiger partial charge in [0.05, 0.1) is 55.9 Å². The molecule has 0 unspecified atom stereocenters. The van der Waals surface area contributed by atoms with E-state index >= 15 is 0 Å². The second-order valence-corrected chi connectivity index (χ2v) is 11.4. The molecule has 0 aliphatic rings. The van der Waals surface area contributed by atoms with Gasteiger partial charge in [-0.05, 0) is 42.8 Å². The molecule has 0 bridgehead atoms. The molecule has 42 heavy (non-hydrogen) atoms. The van der Waals surface area contributed by atoms with Gasteiger partial charge in [0.1, 0.15) is 28.6 Å². The molecule has 0 spiro atoms. The number of pyridine rings is 1. The molecule has 4 aromatic rings. The number of sulfone groups is 1. The normalized spacial score (nSPS) is 12.5. The summed E-state index contributed by atoms with van der Waals surface area (Å²) in [6.07, 6.45) is -1.01. The third-order valence-corrected chi connectivity index (χ3v) is 8.74. The molecule has 0 amide bonds. The summed E-state index contributed by atoms with van der Waals surface area (Å²) < 4.78 is 51.5. The van der Waals surface area contributed by atoms with E-state index < -0.39 is 26.9 Å². The molecule has 216 valence electrons. The minimum Gasteiger partial charge on any atom is -0.494 e. The second kappa shape index (κ2) is 12.7. The fraction of sp³-hybridized carbons (Fsp3) is 0.276. The van der Waals surface area contributed by atoms with Crippen LogP contribution in [-0.2, 0) is 20.3 Å². The minimum atomic E-state index is -4.01. The fourth-order valence-electron chi connectivity index (χ4n) is 4.56. The zero-order valence-electron chi connectivity index (χ0n) is 23.6. The van der Waals surface area contributed by atoms with E-state index in [1.54, 1.807) is 36.4 Å². The lowest BCUT2D eigenvalue weighted by molar-refractivity contribution is 0.102. The lowest BCUT2D eigenvalue weighted by Gasteiger charge is -2.24. The topological polar surface area (TPSA) is 162 Å². The maximum absolute atomic E-state index is 13.9. The molecule has 0 saturated carbocycles. The summed E-state index contributed by atoms with van der Waals surface area (Å²) in [5, 5.41) is 26.4. The highest BCUT2D eigenvalue weighted by atomic mass is 32.2. The number of rotatable bonds is 11. The summed E-state index contributed by atoms with van der Waals surface area (Å²) in [6, 6.07) is 18.7. The number of nitriles is 2. The van der Waals surface area contributed by atoms with Crippen LogP contribution in [0.3, 0.4) is 0 Å². The van der Waals surface area contributed by atoms with Gasteiger partial charge in [-0.3, -0.25) is 4.57 Å². The van der Waals surface area contributed by atoms with Crippen LogP contribution in [0.4, 0.5) is 0 Å². The number of para-hydroxylation sites is 1. The van der Waals surface area contributed by atoms with Crippen LogP contribution in [0.2, 0.25) is 0 Å². The molecule has 0 radical (unpaired) electrons. The van der Waals surface area contributed by atoms with Crippen LogP contribution < -0.4 is 14.2 Å². The summed E-state index contributed by atoms with van der Waals surface area (Å²) in [5.41, 5.74) is 1.53. The van der Waals surface area contributed by atoms with Crippen molar-refractivity contribution < 1.29 is 27.4 Å². The largest absolute Gasteiger partial charge is 0.494 e. The van der Waals surface area contributed by atoms with Crippen molar-refractivity contribution in [1.29, 1.82) is 10.5 Å². The second-order valence-electron chi connectivity index (χ2n) is 9.05. The Labute approximate surface area is 243 Å². The molecular formula is C29H28N6O6S. The first-order valence-electron chi connectivity index (χ1n) is 12.6. The smallest absolute Gasteiger partial charge is 0.213 e. The van der Waals surface area contributed by atoms with Crippen molar-refractivity contribution in [2.45, 2.75) is 24.0 Å². The first kappa shape index (κ1) is 30.0. The Hall–Kier alpha value is -4.98. The van der Waals surface area contributed by atoms with Gasteiger partial charge in [0.2, 0.25) is 5.88 Å². The first-order valence-corrected chi connectivity index (χ1v) is 14.3. The Bertz CT molecular complexity index is 1770. The van der Waals surface area contributed by atoms with Crippen molar-refractivity contribution in [2.24, 2.45) is 0 Å². The van der Waals surface area contributed by atoms with E-state index in [-0.39, 0.29) is 22.8 Å². The average Bonchev–Trinajstić information content (AvgIpc) is 3.42. The molecule has 0 N–H and O–H groups in total. The zero-order valence-corrected chi connectivity index (χ0v) is 24.4. The van der Waals surface area contributed by atoms with E-state index in [9.17, 15) is 18.9 Å². The van der Waals surface area contributed by atoms with Crippen LogP contribution in [0.1, 0.15) is 35.5 Å². The van der Waals surface area contributed by atoms with Crippen molar-refractivity contribution >= 4 is 9.84 Å². The molecule has 12 nitrogen and oxygen atoms in total. The van der Waals surface area contributed by atoms with Crippen molar-refractivity contribution in [2.75, 3.05) is 28.4 Å². The van der Waals surface area contributed by atoms with E-state index in [2.05, 4.69) is 15.2 Å². The monoisotopic (exact) mass is 588 g/mol. The van der Waals surface area contributed by atoms with E-state index in [1.807, 2.05) is 12.1 Å². The maximum atomic E-state index is 13.9. The van der Waals surface area contributed by atoms with Crippen LogP contribution >= 0.6 is 0 Å². The number of benzene rings is 2. The van der Waals surface area contributed by atoms with Crippen LogP contribution in [-0.4, -0.2) is 61.9 Å². The Kier molecular flexibility index (Phi) is 9.06. The predicted molar refractivity (Wildman–Crippen MR) is 152 cm³/mol. The Morgan fingerprint density at radius 1 is 0.905 bits per heavy atom. The van der Waals surface area contributed by atoms with Gasteiger partial charge in [0.25, 0.3) is 0 Å². The standard InChI is InChI=1S/C29H28N6O6S/c1-18(28(41-5)21-13-12-19(15-30)14-20(21)16-31)42(36,37)17-25-33-34-29(22-8-6-11-26(32-22)40-4)35(25)27-23(38-2)9-7-10-24(27)39-3/h6-14,18,28H,17H2,1-5H3/t18-,28+/m0/s1. The minimum absolute atomic E-state index is 0.0689. The number of hydrogen-bond acceptors (Lipinski definition) is 11. The van der Waals surface area contributed by atoms with Crippen LogP contribution in [0.25, 0.3) is 17.2 Å². The van der Waals surface area contributed by atoms with Gasteiger partial charge in [-0.1, -0.05) is 18.2 Å². The summed E-state index contributed by atoms with van der Waals surface area (Å²) in [5.74, 6) is 0.850. The third-order valence-electron chi connectivity index (χ3n) is 6.70. The molecule has 2 atom stereocenters. The Morgan fingerprint density at radius 2 is 1.60 bits per heavy atom. The SMILES string of the molecule is COc1cccc(-c2nnc(CS(=O)(=O)[C@@H](C)[C@@H](OC)c3ccc(C#N)cc3C#N)n2-c2c(OC)cccc2OC)n1. The molecule has 0 fully saturated rings. The Balaban J connectivity index is 1.86. The van der Waals surface area contributed by atoms with Crippen LogP contribution in [0.15, 0.2) is 54.6 Å². The first-order chi connectivity index (χ1) is 20.2. The molecule has 4 rings (SSSR count). The number of aromatic nitrogens is 4. The van der Waals surface area contributed by atoms with Gasteiger partial charge in [-0.2, -0.15) is 10.5 Å². The fourth-order valence-corrected chi connectivity index (χ4v) is 6.00. The molecule has 2 aromatic carbocycles. The van der Waals surface area contributed by atoms with Gasteiger partial charge >= 0.3 is 0 Å². The highest BCUT2D eigenvalue weighted by Crippen LogP contribution is 2.37. The van der Waals surface area contributed by atoms with E-state index in [4.69, 9.17) is 18.9 Å². The summed E-state index contributed by atoms with van der Waals surface area (Å²) in [7, 11) is 1.80. The number of nitrogens with zero attached hydrogens (tertiary/aromatic N) is 6. The van der Waals surface area contributed by atoms with E-state index in [1.165, 1.54) is 58.1 Å². The van der Waals surface area contributed by atoms with Crippen molar-refractivity contribution in [3.63, 3.8) is 0 Å². The number of methoxy groups -OCH3 is 4. The van der Waals surface area contributed by atoms with E-state index in [0.29, 0.717) is 34.3 Å². The van der Waals surface area contributed by atoms with Crippen LogP contribution in [0, 0.1) is 22.7 Å². The van der Waals surface area contributed by atoms with Crippen molar-refractivity contribution in [1.82, 2.24) is 19.7 Å². The highest BCUT2D eigenvalue weighted by molar-refractivity contribution is 7.91. The molecule has 2 aromatic heterocycles. The summed E-state index contributed by atoms with van der Waals surface area (Å²) >= 11 is 0. The molecule has 0 aliphatic heterocycles. The average molecular weight is 589 g/mol. The summed E-state index contributed by atoms with van der Waals surface area (Å²) in [6.45, 7) is 1.50. The van der Waals surface area contributed by atoms with Crippen LogP contribution in [0.5, 0.6) is 17.4 Å². The predicted octanol–water partition coefficient (Wildman–Crippen LogP) is 3.79. The molecule has 13 heteroatoms. The zero-order chi connectivity index (χ0) is 30.4. The number of ether oxygens (including phenoxy) is 4. The quantitative estimate of drug-likeness (QED) is 0.250. The molecule has 0 saturated heterocycles.